The van der Waals surface area contributed by atoms with Crippen LogP contribution in [0.1, 0.15) is 23.9 Å². The lowest BCUT2D eigenvalue weighted by atomic mass is 10.1. The molecule has 11 nitrogen and oxygen atoms in total. The molecule has 0 aliphatic rings. The Morgan fingerprint density at radius 2 is 1.87 bits per heavy atom. The van der Waals surface area contributed by atoms with Crippen molar-refractivity contribution in [3.8, 4) is 0 Å². The summed E-state index contributed by atoms with van der Waals surface area (Å²) in [5.74, 6) is -1.14. The molecule has 12 heteroatoms. The molecule has 0 fully saturated rings. The molecule has 0 aliphatic heterocycles. The monoisotopic (exact) mass is 437 g/mol. The lowest BCUT2D eigenvalue weighted by Gasteiger charge is -2.17. The Bertz CT molecular complexity index is 999. The maximum absolute atomic E-state index is 12.3. The van der Waals surface area contributed by atoms with Crippen molar-refractivity contribution >= 4 is 27.9 Å². The fourth-order valence-electron chi connectivity index (χ4n) is 2.35. The van der Waals surface area contributed by atoms with E-state index >= 15 is 0 Å². The lowest BCUT2D eigenvalue weighted by molar-refractivity contribution is -0.156. The first kappa shape index (κ1) is 23.0. The van der Waals surface area contributed by atoms with E-state index in [2.05, 4.69) is 20.3 Å². The number of hydrogen-bond donors (Lipinski definition) is 3. The first-order valence-electron chi connectivity index (χ1n) is 8.90. The standard InChI is InChI=1S/C18H23N5O6S/c1-12-21-14(11-23(12)3)30(27,28)20-10-9-15(24)29-16(13-7-5-4-6-8-13)17(25)22-18(26)19-2/h4-8,11,16,20H,9-10H2,1-3H3,(H2,19,22,25,26). The molecule has 0 aliphatic carbocycles. The van der Waals surface area contributed by atoms with Crippen LogP contribution in [-0.4, -0.2) is 49.5 Å². The molecule has 0 saturated heterocycles. The molecule has 30 heavy (non-hydrogen) atoms. The van der Waals surface area contributed by atoms with Crippen LogP contribution in [0.25, 0.3) is 0 Å². The van der Waals surface area contributed by atoms with Crippen LogP contribution in [0.4, 0.5) is 4.79 Å². The van der Waals surface area contributed by atoms with E-state index in [0.29, 0.717) is 11.4 Å². The number of sulfonamides is 1. The quantitative estimate of drug-likeness (QED) is 0.497. The van der Waals surface area contributed by atoms with Crippen LogP contribution in [-0.2, 0) is 31.4 Å². The average Bonchev–Trinajstić information content (AvgIpc) is 3.06. The van der Waals surface area contributed by atoms with E-state index in [-0.39, 0.29) is 18.0 Å². The minimum absolute atomic E-state index is 0.164. The van der Waals surface area contributed by atoms with E-state index in [0.717, 1.165) is 0 Å². The Labute approximate surface area is 173 Å². The molecule has 2 aromatic rings. The Morgan fingerprint density at radius 1 is 1.20 bits per heavy atom. The van der Waals surface area contributed by atoms with Crippen molar-refractivity contribution in [2.45, 2.75) is 24.5 Å². The van der Waals surface area contributed by atoms with Gasteiger partial charge in [-0.25, -0.2) is 22.9 Å². The van der Waals surface area contributed by atoms with Crippen LogP contribution < -0.4 is 15.4 Å². The van der Waals surface area contributed by atoms with Gasteiger partial charge in [0.25, 0.3) is 15.9 Å². The van der Waals surface area contributed by atoms with Crippen molar-refractivity contribution in [3.63, 3.8) is 0 Å². The molecule has 1 aromatic carbocycles. The number of amides is 3. The Balaban J connectivity index is 2.00. The molecular formula is C18H23N5O6S. The summed E-state index contributed by atoms with van der Waals surface area (Å²) in [5, 5.41) is 4.12. The summed E-state index contributed by atoms with van der Waals surface area (Å²) in [6.07, 6.45) is -0.349. The molecule has 162 valence electrons. The second-order valence-corrected chi connectivity index (χ2v) is 7.95. The van der Waals surface area contributed by atoms with Gasteiger partial charge >= 0.3 is 12.0 Å². The first-order valence-corrected chi connectivity index (χ1v) is 10.4. The molecule has 1 atom stereocenters. The second-order valence-electron chi connectivity index (χ2n) is 6.23. The molecule has 1 aromatic heterocycles. The molecule has 2 rings (SSSR count). The molecule has 0 radical (unpaired) electrons. The molecule has 3 amide bonds. The Kier molecular flexibility index (Phi) is 7.66. The second kappa shape index (κ2) is 9.98. The first-order chi connectivity index (χ1) is 14.1. The zero-order valence-corrected chi connectivity index (χ0v) is 17.5. The van der Waals surface area contributed by atoms with Gasteiger partial charge in [-0.3, -0.25) is 14.9 Å². The number of nitrogens with zero attached hydrogens (tertiary/aromatic N) is 2. The number of imidazole rings is 1. The molecule has 0 saturated carbocycles. The number of esters is 1. The van der Waals surface area contributed by atoms with Crippen LogP contribution in [0.15, 0.2) is 41.6 Å². The van der Waals surface area contributed by atoms with Gasteiger partial charge in [-0.05, 0) is 6.92 Å². The van der Waals surface area contributed by atoms with Gasteiger partial charge in [0.1, 0.15) is 5.82 Å². The number of rotatable bonds is 8. The third-order valence-corrected chi connectivity index (χ3v) is 5.37. The number of urea groups is 1. The number of carbonyl (C=O) groups is 3. The number of imide groups is 1. The van der Waals surface area contributed by atoms with Crippen molar-refractivity contribution in [2.75, 3.05) is 13.6 Å². The fourth-order valence-corrected chi connectivity index (χ4v) is 3.42. The molecule has 0 bridgehead atoms. The van der Waals surface area contributed by atoms with E-state index in [4.69, 9.17) is 4.74 Å². The third kappa shape index (κ3) is 6.12. The summed E-state index contributed by atoms with van der Waals surface area (Å²) in [6, 6.07) is 7.38. The highest BCUT2D eigenvalue weighted by Gasteiger charge is 2.26. The highest BCUT2D eigenvalue weighted by atomic mass is 32.2. The molecule has 3 N–H and O–H groups in total. The maximum atomic E-state index is 12.3. The number of nitrogens with one attached hydrogen (secondary N) is 3. The van der Waals surface area contributed by atoms with E-state index in [1.807, 2.05) is 0 Å². The minimum Gasteiger partial charge on any atom is -0.447 e. The van der Waals surface area contributed by atoms with E-state index < -0.39 is 34.0 Å². The Hall–Kier alpha value is -3.25. The summed E-state index contributed by atoms with van der Waals surface area (Å²) in [6.45, 7) is 1.40. The van der Waals surface area contributed by atoms with Crippen LogP contribution in [0, 0.1) is 6.92 Å². The van der Waals surface area contributed by atoms with Gasteiger partial charge in [-0.2, -0.15) is 0 Å². The average molecular weight is 437 g/mol. The van der Waals surface area contributed by atoms with Crippen molar-refractivity contribution < 1.29 is 27.5 Å². The molecular weight excluding hydrogens is 414 g/mol. The number of aryl methyl sites for hydroxylation is 2. The number of ether oxygens (including phenoxy) is 1. The highest BCUT2D eigenvalue weighted by Crippen LogP contribution is 2.18. The smallest absolute Gasteiger partial charge is 0.321 e. The van der Waals surface area contributed by atoms with Gasteiger partial charge in [0.05, 0.1) is 6.42 Å². The highest BCUT2D eigenvalue weighted by molar-refractivity contribution is 7.89. The SMILES string of the molecule is CNC(=O)NC(=O)C(OC(=O)CCNS(=O)(=O)c1cn(C)c(C)n1)c1ccccc1. The summed E-state index contributed by atoms with van der Waals surface area (Å²) in [7, 11) is -0.902. The van der Waals surface area contributed by atoms with Crippen LogP contribution in [0.2, 0.25) is 0 Å². The normalized spacial score (nSPS) is 12.1. The van der Waals surface area contributed by atoms with E-state index in [9.17, 15) is 22.8 Å². The predicted octanol–water partition coefficient (Wildman–Crippen LogP) is 0.137. The van der Waals surface area contributed by atoms with Gasteiger partial charge in [-0.1, -0.05) is 30.3 Å². The third-order valence-electron chi connectivity index (χ3n) is 4.04. The summed E-state index contributed by atoms with van der Waals surface area (Å²) < 4.78 is 33.5. The van der Waals surface area contributed by atoms with Crippen LogP contribution in [0.5, 0.6) is 0 Å². The van der Waals surface area contributed by atoms with Gasteiger partial charge in [0, 0.05) is 32.4 Å². The number of benzene rings is 1. The van der Waals surface area contributed by atoms with Crippen molar-refractivity contribution in [2.24, 2.45) is 7.05 Å². The molecule has 1 unspecified atom stereocenters. The topological polar surface area (TPSA) is 148 Å². The number of hydrogen-bond acceptors (Lipinski definition) is 7. The number of carbonyl (C=O) groups excluding carboxylic acids is 3. The zero-order chi connectivity index (χ0) is 22.3. The van der Waals surface area contributed by atoms with Crippen LogP contribution >= 0.6 is 0 Å². The summed E-state index contributed by atoms with van der Waals surface area (Å²) in [5.41, 5.74) is 0.358. The lowest BCUT2D eigenvalue weighted by Crippen LogP contribution is -2.41. The summed E-state index contributed by atoms with van der Waals surface area (Å²) >= 11 is 0. The fraction of sp³-hybridized carbons (Fsp3) is 0.333. The maximum Gasteiger partial charge on any atom is 0.321 e. The predicted molar refractivity (Wildman–Crippen MR) is 106 cm³/mol. The number of aromatic nitrogens is 2. The van der Waals surface area contributed by atoms with Crippen molar-refractivity contribution in [1.82, 2.24) is 24.9 Å². The summed E-state index contributed by atoms with van der Waals surface area (Å²) in [4.78, 5) is 39.9. The van der Waals surface area contributed by atoms with Crippen molar-refractivity contribution in [1.29, 1.82) is 0 Å². The van der Waals surface area contributed by atoms with Crippen LogP contribution in [0.3, 0.4) is 0 Å². The van der Waals surface area contributed by atoms with Gasteiger partial charge in [0.15, 0.2) is 5.03 Å². The zero-order valence-electron chi connectivity index (χ0n) is 16.7. The van der Waals surface area contributed by atoms with Crippen molar-refractivity contribution in [3.05, 3.63) is 47.9 Å². The largest absolute Gasteiger partial charge is 0.447 e. The molecule has 0 spiro atoms. The van der Waals surface area contributed by atoms with Gasteiger partial charge in [-0.15, -0.1) is 0 Å². The Morgan fingerprint density at radius 3 is 2.43 bits per heavy atom. The van der Waals surface area contributed by atoms with Gasteiger partial charge in [0.2, 0.25) is 6.10 Å². The van der Waals surface area contributed by atoms with E-state index in [1.165, 1.54) is 13.2 Å². The molecule has 1 heterocycles. The van der Waals surface area contributed by atoms with Gasteiger partial charge < -0.3 is 14.6 Å². The van der Waals surface area contributed by atoms with E-state index in [1.54, 1.807) is 48.9 Å². The minimum atomic E-state index is -3.90.